The second-order valence-electron chi connectivity index (χ2n) is 5.91. The Labute approximate surface area is 167 Å². The molecule has 0 amide bonds. The molecule has 0 N–H and O–H groups in total. The van der Waals surface area contributed by atoms with E-state index in [1.807, 2.05) is 42.7 Å². The average Bonchev–Trinajstić information content (AvgIpc) is 3.30. The van der Waals surface area contributed by atoms with E-state index in [4.69, 9.17) is 9.15 Å². The van der Waals surface area contributed by atoms with Gasteiger partial charge in [-0.2, -0.15) is 0 Å². The third-order valence-corrected chi connectivity index (χ3v) is 4.75. The third kappa shape index (κ3) is 4.84. The van der Waals surface area contributed by atoms with Crippen LogP contribution in [0.5, 0.6) is 0 Å². The number of nitrogens with zero attached hydrogens (tertiary/aromatic N) is 1. The summed E-state index contributed by atoms with van der Waals surface area (Å²) in [5.74, 6) is 0.157. The van der Waals surface area contributed by atoms with Crippen LogP contribution in [0.4, 0.5) is 4.39 Å². The minimum atomic E-state index is -0.369. The van der Waals surface area contributed by atoms with E-state index in [9.17, 15) is 9.18 Å². The van der Waals surface area contributed by atoms with Crippen LogP contribution in [0, 0.1) is 5.82 Å². The minimum absolute atomic E-state index is 0.00740. The lowest BCUT2D eigenvalue weighted by atomic mass is 10.1. The van der Waals surface area contributed by atoms with Gasteiger partial charge in [-0.1, -0.05) is 18.2 Å². The fraction of sp³-hybridized carbons (Fsp3) is 0.182. The number of benzene rings is 1. The van der Waals surface area contributed by atoms with Crippen LogP contribution in [0.2, 0.25) is 0 Å². The van der Waals surface area contributed by atoms with Crippen LogP contribution in [0.3, 0.4) is 0 Å². The van der Waals surface area contributed by atoms with E-state index >= 15 is 0 Å². The highest BCUT2D eigenvalue weighted by atomic mass is 32.1. The summed E-state index contributed by atoms with van der Waals surface area (Å²) in [6, 6.07) is 7.86. The summed E-state index contributed by atoms with van der Waals surface area (Å²) in [7, 11) is 0. The Kier molecular flexibility index (Phi) is 6.55. The van der Waals surface area contributed by atoms with E-state index in [2.05, 4.69) is 4.98 Å². The number of rotatable bonds is 7. The zero-order chi connectivity index (χ0) is 19.9. The van der Waals surface area contributed by atoms with Crippen LogP contribution >= 0.6 is 11.3 Å². The Bertz CT molecular complexity index is 999. The molecule has 3 aromatic rings. The molecule has 0 radical (unpaired) electrons. The second-order valence-corrected chi connectivity index (χ2v) is 6.85. The van der Waals surface area contributed by atoms with Gasteiger partial charge in [0.2, 0.25) is 5.89 Å². The summed E-state index contributed by atoms with van der Waals surface area (Å²) in [5, 5.41) is 1.96. The summed E-state index contributed by atoms with van der Waals surface area (Å²) in [5.41, 5.74) is 1.98. The lowest BCUT2D eigenvalue weighted by Gasteiger charge is -2.00. The summed E-state index contributed by atoms with van der Waals surface area (Å²) in [6.45, 7) is 4.01. The van der Waals surface area contributed by atoms with Gasteiger partial charge in [-0.25, -0.2) is 9.37 Å². The first-order valence-corrected chi connectivity index (χ1v) is 9.78. The lowest BCUT2D eigenvalue weighted by molar-refractivity contribution is -0.142. The SMILES string of the molecule is C/C=C\C=C/c1cc(-c2oc(-c3ccc(F)cc3)nc2CC(=O)OCC)cs1. The Morgan fingerprint density at radius 3 is 2.75 bits per heavy atom. The molecule has 0 aliphatic heterocycles. The van der Waals surface area contributed by atoms with Gasteiger partial charge in [0, 0.05) is 21.4 Å². The number of hydrogen-bond acceptors (Lipinski definition) is 5. The molecule has 0 atom stereocenters. The molecule has 0 fully saturated rings. The molecular formula is C22H20FNO3S. The van der Waals surface area contributed by atoms with E-state index in [1.54, 1.807) is 30.4 Å². The summed E-state index contributed by atoms with van der Waals surface area (Å²) >= 11 is 1.57. The van der Waals surface area contributed by atoms with Crippen molar-refractivity contribution < 1.29 is 18.3 Å². The van der Waals surface area contributed by atoms with E-state index in [0.717, 1.165) is 10.4 Å². The first kappa shape index (κ1) is 19.8. The number of esters is 1. The standard InChI is InChI=1S/C22H20FNO3S/c1-3-5-6-7-18-12-16(14-28-18)21-19(13-20(25)26-4-2)24-22(27-21)15-8-10-17(23)11-9-15/h3,5-12,14H,4,13H2,1-2H3/b5-3-,7-6-. The van der Waals surface area contributed by atoms with E-state index in [1.165, 1.54) is 12.1 Å². The van der Waals surface area contributed by atoms with E-state index in [0.29, 0.717) is 29.5 Å². The zero-order valence-corrected chi connectivity index (χ0v) is 16.5. The van der Waals surface area contributed by atoms with Gasteiger partial charge in [0.25, 0.3) is 0 Å². The number of halogens is 1. The van der Waals surface area contributed by atoms with Gasteiger partial charge in [-0.05, 0) is 50.3 Å². The second kappa shape index (κ2) is 9.28. The van der Waals surface area contributed by atoms with Gasteiger partial charge in [0.1, 0.15) is 5.82 Å². The van der Waals surface area contributed by atoms with E-state index < -0.39 is 0 Å². The third-order valence-electron chi connectivity index (χ3n) is 3.85. The van der Waals surface area contributed by atoms with Crippen molar-refractivity contribution in [2.24, 2.45) is 0 Å². The number of ether oxygens (including phenoxy) is 1. The molecule has 144 valence electrons. The monoisotopic (exact) mass is 397 g/mol. The van der Waals surface area contributed by atoms with Crippen molar-refractivity contribution >= 4 is 23.4 Å². The Morgan fingerprint density at radius 1 is 1.25 bits per heavy atom. The quantitative estimate of drug-likeness (QED) is 0.368. The highest BCUT2D eigenvalue weighted by Gasteiger charge is 2.20. The summed E-state index contributed by atoms with van der Waals surface area (Å²) in [4.78, 5) is 17.5. The molecule has 2 aromatic heterocycles. The molecular weight excluding hydrogens is 377 g/mol. The number of carbonyl (C=O) groups is 1. The van der Waals surface area contributed by atoms with Crippen molar-refractivity contribution in [2.75, 3.05) is 6.61 Å². The van der Waals surface area contributed by atoms with Gasteiger partial charge in [0.05, 0.1) is 18.7 Å². The number of oxazole rings is 1. The molecule has 1 aromatic carbocycles. The van der Waals surface area contributed by atoms with Crippen molar-refractivity contribution in [3.8, 4) is 22.8 Å². The maximum absolute atomic E-state index is 13.2. The first-order chi connectivity index (χ1) is 13.6. The molecule has 0 saturated heterocycles. The Balaban J connectivity index is 1.97. The first-order valence-electron chi connectivity index (χ1n) is 8.90. The van der Waals surface area contributed by atoms with Crippen molar-refractivity contribution in [3.63, 3.8) is 0 Å². The zero-order valence-electron chi connectivity index (χ0n) is 15.6. The summed E-state index contributed by atoms with van der Waals surface area (Å²) < 4.78 is 24.2. The fourth-order valence-corrected chi connectivity index (χ4v) is 3.37. The van der Waals surface area contributed by atoms with Crippen LogP contribution in [0.1, 0.15) is 24.4 Å². The highest BCUT2D eigenvalue weighted by molar-refractivity contribution is 7.11. The number of hydrogen-bond donors (Lipinski definition) is 0. The summed E-state index contributed by atoms with van der Waals surface area (Å²) in [6.07, 6.45) is 7.86. The topological polar surface area (TPSA) is 52.3 Å². The van der Waals surface area contributed by atoms with Crippen LogP contribution in [0.15, 0.2) is 58.4 Å². The largest absolute Gasteiger partial charge is 0.466 e. The fourth-order valence-electron chi connectivity index (χ4n) is 2.58. The number of thiophene rings is 1. The van der Waals surface area contributed by atoms with Crippen LogP contribution in [-0.4, -0.2) is 17.6 Å². The molecule has 2 heterocycles. The van der Waals surface area contributed by atoms with Gasteiger partial charge >= 0.3 is 5.97 Å². The number of carbonyl (C=O) groups excluding carboxylic acids is 1. The highest BCUT2D eigenvalue weighted by Crippen LogP contribution is 2.33. The van der Waals surface area contributed by atoms with Gasteiger partial charge in [0.15, 0.2) is 5.76 Å². The maximum Gasteiger partial charge on any atom is 0.312 e. The molecule has 0 aliphatic carbocycles. The number of allylic oxidation sites excluding steroid dienone is 3. The molecule has 0 aliphatic rings. The van der Waals surface area contributed by atoms with E-state index in [-0.39, 0.29) is 18.2 Å². The number of aromatic nitrogens is 1. The van der Waals surface area contributed by atoms with Gasteiger partial charge < -0.3 is 9.15 Å². The van der Waals surface area contributed by atoms with Crippen molar-refractivity contribution in [2.45, 2.75) is 20.3 Å². The van der Waals surface area contributed by atoms with Gasteiger partial charge in [-0.15, -0.1) is 11.3 Å². The maximum atomic E-state index is 13.2. The molecule has 28 heavy (non-hydrogen) atoms. The molecule has 0 bridgehead atoms. The molecule has 0 spiro atoms. The van der Waals surface area contributed by atoms with Crippen LogP contribution < -0.4 is 0 Å². The predicted molar refractivity (Wildman–Crippen MR) is 109 cm³/mol. The normalized spacial score (nSPS) is 11.5. The van der Waals surface area contributed by atoms with Crippen molar-refractivity contribution in [1.29, 1.82) is 0 Å². The predicted octanol–water partition coefficient (Wildman–Crippen LogP) is 5.90. The Morgan fingerprint density at radius 2 is 2.04 bits per heavy atom. The molecule has 0 saturated carbocycles. The van der Waals surface area contributed by atoms with Crippen molar-refractivity contribution in [3.05, 3.63) is 70.3 Å². The van der Waals surface area contributed by atoms with Crippen LogP contribution in [-0.2, 0) is 16.0 Å². The molecule has 6 heteroatoms. The van der Waals surface area contributed by atoms with Crippen molar-refractivity contribution in [1.82, 2.24) is 4.98 Å². The smallest absolute Gasteiger partial charge is 0.312 e. The lowest BCUT2D eigenvalue weighted by Crippen LogP contribution is -2.08. The van der Waals surface area contributed by atoms with Gasteiger partial charge in [-0.3, -0.25) is 4.79 Å². The molecule has 0 unspecified atom stereocenters. The average molecular weight is 397 g/mol. The molecule has 4 nitrogen and oxygen atoms in total. The minimum Gasteiger partial charge on any atom is -0.466 e. The Hall–Kier alpha value is -2.99. The van der Waals surface area contributed by atoms with Crippen LogP contribution in [0.25, 0.3) is 28.9 Å². The molecule has 3 rings (SSSR count).